The molecule has 3 aliphatic rings. The molecule has 3 amide bonds. The Hall–Kier alpha value is -2.45. The Bertz CT molecular complexity index is 1070. The first kappa shape index (κ1) is 29.5. The fourth-order valence-electron chi connectivity index (χ4n) is 7.61. The van der Waals surface area contributed by atoms with Crippen LogP contribution in [0.15, 0.2) is 30.3 Å². The number of amides is 3. The molecule has 0 saturated carbocycles. The molecule has 3 saturated heterocycles. The quantitative estimate of drug-likeness (QED) is 0.371. The number of unbranched alkanes of at least 4 members (excludes halogenated alkanes) is 2. The van der Waals surface area contributed by atoms with Crippen LogP contribution in [0.5, 0.6) is 0 Å². The third-order valence-electron chi connectivity index (χ3n) is 8.61. The number of rotatable bonds is 11. The van der Waals surface area contributed by atoms with Gasteiger partial charge in [0.15, 0.2) is 0 Å². The Morgan fingerprint density at radius 3 is 2.38 bits per heavy atom. The number of likely N-dealkylation sites (tertiary alicyclic amines) is 1. The normalized spacial score (nSPS) is 30.0. The summed E-state index contributed by atoms with van der Waals surface area (Å²) in [5.74, 6) is -1.95. The molecule has 3 heterocycles. The number of aliphatic hydroxyl groups excluding tert-OH is 1. The SMILES string of the molecule is CC(C)(C)CC(C)(C)NC(=O)C1N(CCCCCO)C(=O)[C@@H]2[C@H](C(=O)NCc3ccccc3)[C@]3(C)CCC12O3. The fraction of sp³-hybridized carbons (Fsp3) is 0.710. The van der Waals surface area contributed by atoms with Crippen molar-refractivity contribution in [2.45, 2.75) is 109 Å². The maximum atomic E-state index is 14.1. The highest BCUT2D eigenvalue weighted by molar-refractivity contribution is 5.99. The van der Waals surface area contributed by atoms with E-state index in [9.17, 15) is 19.5 Å². The van der Waals surface area contributed by atoms with Gasteiger partial charge in [-0.05, 0) is 70.3 Å². The molecule has 3 fully saturated rings. The lowest BCUT2D eigenvalue weighted by Gasteiger charge is -2.38. The maximum Gasteiger partial charge on any atom is 0.246 e. The zero-order valence-electron chi connectivity index (χ0n) is 24.5. The highest BCUT2D eigenvalue weighted by Crippen LogP contribution is 2.63. The monoisotopic (exact) mass is 541 g/mol. The molecule has 2 unspecified atom stereocenters. The maximum absolute atomic E-state index is 14.1. The molecule has 0 radical (unpaired) electrons. The molecule has 216 valence electrons. The van der Waals surface area contributed by atoms with Crippen LogP contribution in [0, 0.1) is 17.3 Å². The molecule has 1 aromatic rings. The van der Waals surface area contributed by atoms with E-state index in [0.717, 1.165) is 18.4 Å². The summed E-state index contributed by atoms with van der Waals surface area (Å²) in [5.41, 5.74) is -1.33. The van der Waals surface area contributed by atoms with Gasteiger partial charge < -0.3 is 25.4 Å². The molecular weight excluding hydrogens is 494 g/mol. The Morgan fingerprint density at radius 1 is 1.05 bits per heavy atom. The van der Waals surface area contributed by atoms with Crippen molar-refractivity contribution < 1.29 is 24.2 Å². The molecular formula is C31H47N3O5. The minimum absolute atomic E-state index is 0.00477. The van der Waals surface area contributed by atoms with E-state index in [1.165, 1.54) is 0 Å². The van der Waals surface area contributed by atoms with Gasteiger partial charge in [0, 0.05) is 25.2 Å². The molecule has 3 aliphatic heterocycles. The lowest BCUT2D eigenvalue weighted by molar-refractivity contribution is -0.147. The predicted molar refractivity (Wildman–Crippen MR) is 149 cm³/mol. The van der Waals surface area contributed by atoms with Gasteiger partial charge in [0.2, 0.25) is 17.7 Å². The molecule has 2 bridgehead atoms. The molecule has 1 aromatic carbocycles. The first-order valence-electron chi connectivity index (χ1n) is 14.5. The molecule has 0 aromatic heterocycles. The van der Waals surface area contributed by atoms with E-state index >= 15 is 0 Å². The molecule has 0 aliphatic carbocycles. The van der Waals surface area contributed by atoms with Gasteiger partial charge in [-0.1, -0.05) is 51.1 Å². The van der Waals surface area contributed by atoms with Crippen LogP contribution in [0.25, 0.3) is 0 Å². The number of hydrogen-bond donors (Lipinski definition) is 3. The van der Waals surface area contributed by atoms with Gasteiger partial charge in [0.25, 0.3) is 0 Å². The number of ether oxygens (including phenoxy) is 1. The Balaban J connectivity index is 1.62. The van der Waals surface area contributed by atoms with Crippen molar-refractivity contribution in [3.8, 4) is 0 Å². The lowest BCUT2D eigenvalue weighted by Crippen LogP contribution is -2.59. The molecule has 1 spiro atoms. The molecule has 4 rings (SSSR count). The summed E-state index contributed by atoms with van der Waals surface area (Å²) < 4.78 is 6.71. The van der Waals surface area contributed by atoms with Crippen molar-refractivity contribution >= 4 is 17.7 Å². The third-order valence-corrected chi connectivity index (χ3v) is 8.61. The molecule has 8 nitrogen and oxygen atoms in total. The van der Waals surface area contributed by atoms with Crippen molar-refractivity contribution in [1.82, 2.24) is 15.5 Å². The third kappa shape index (κ3) is 5.87. The van der Waals surface area contributed by atoms with Crippen LogP contribution in [0.2, 0.25) is 0 Å². The van der Waals surface area contributed by atoms with Crippen molar-refractivity contribution in [3.05, 3.63) is 35.9 Å². The van der Waals surface area contributed by atoms with Crippen molar-refractivity contribution in [1.29, 1.82) is 0 Å². The molecule has 39 heavy (non-hydrogen) atoms. The number of carbonyl (C=O) groups excluding carboxylic acids is 3. The summed E-state index contributed by atoms with van der Waals surface area (Å²) in [7, 11) is 0. The van der Waals surface area contributed by atoms with Gasteiger partial charge in [-0.25, -0.2) is 0 Å². The van der Waals surface area contributed by atoms with Crippen LogP contribution in [-0.2, 0) is 25.7 Å². The Kier molecular flexibility index (Phi) is 8.21. The summed E-state index contributed by atoms with van der Waals surface area (Å²) >= 11 is 0. The second-order valence-corrected chi connectivity index (χ2v) is 13.9. The van der Waals surface area contributed by atoms with E-state index in [0.29, 0.717) is 38.8 Å². The Morgan fingerprint density at radius 2 is 1.74 bits per heavy atom. The minimum Gasteiger partial charge on any atom is -0.396 e. The van der Waals surface area contributed by atoms with Crippen molar-refractivity contribution in [2.24, 2.45) is 17.3 Å². The second-order valence-electron chi connectivity index (χ2n) is 13.9. The van der Waals surface area contributed by atoms with Crippen molar-refractivity contribution in [3.63, 3.8) is 0 Å². The minimum atomic E-state index is -1.03. The number of nitrogens with zero attached hydrogens (tertiary/aromatic N) is 1. The fourth-order valence-corrected chi connectivity index (χ4v) is 7.61. The van der Waals surface area contributed by atoms with Crippen LogP contribution in [0.4, 0.5) is 0 Å². The van der Waals surface area contributed by atoms with E-state index in [4.69, 9.17) is 4.74 Å². The predicted octanol–water partition coefficient (Wildman–Crippen LogP) is 3.56. The standard InChI is InChI=1S/C31H47N3O5/c1-28(2,3)20-29(4,5)33-26(37)24-31-16-15-30(6,39-31)22(25(36)32-19-21-13-9-7-10-14-21)23(31)27(38)34(24)17-11-8-12-18-35/h7,9-10,13-14,22-24,35H,8,11-12,15-20H2,1-6H3,(H,32,36)(H,33,37)/t22-,23+,24?,30+,31?/m1/s1. The number of nitrogens with one attached hydrogen (secondary N) is 2. The van der Waals surface area contributed by atoms with E-state index in [-0.39, 0.29) is 29.7 Å². The number of benzene rings is 1. The largest absolute Gasteiger partial charge is 0.396 e. The van der Waals surface area contributed by atoms with E-state index in [1.807, 2.05) is 51.1 Å². The summed E-state index contributed by atoms with van der Waals surface area (Å²) in [5, 5.41) is 15.5. The van der Waals surface area contributed by atoms with Crippen LogP contribution < -0.4 is 10.6 Å². The van der Waals surface area contributed by atoms with Gasteiger partial charge in [-0.3, -0.25) is 14.4 Å². The van der Waals surface area contributed by atoms with E-state index in [1.54, 1.807) is 4.90 Å². The van der Waals surface area contributed by atoms with Gasteiger partial charge in [-0.2, -0.15) is 0 Å². The van der Waals surface area contributed by atoms with Gasteiger partial charge >= 0.3 is 0 Å². The topological polar surface area (TPSA) is 108 Å². The number of aliphatic hydroxyl groups is 1. The number of hydrogen-bond acceptors (Lipinski definition) is 5. The average Bonchev–Trinajstić information content (AvgIpc) is 3.40. The number of carbonyl (C=O) groups is 3. The zero-order chi connectivity index (χ0) is 28.6. The summed E-state index contributed by atoms with van der Waals surface area (Å²) in [4.78, 5) is 43.5. The van der Waals surface area contributed by atoms with Gasteiger partial charge in [-0.15, -0.1) is 0 Å². The second kappa shape index (κ2) is 10.8. The smallest absolute Gasteiger partial charge is 0.246 e. The number of fused-ring (bicyclic) bond motifs is 1. The molecule has 3 N–H and O–H groups in total. The van der Waals surface area contributed by atoms with Gasteiger partial charge in [0.1, 0.15) is 11.6 Å². The van der Waals surface area contributed by atoms with E-state index < -0.39 is 34.6 Å². The first-order chi connectivity index (χ1) is 18.2. The van der Waals surface area contributed by atoms with Crippen LogP contribution in [-0.4, -0.2) is 63.7 Å². The zero-order valence-corrected chi connectivity index (χ0v) is 24.5. The van der Waals surface area contributed by atoms with Crippen LogP contribution in [0.3, 0.4) is 0 Å². The summed E-state index contributed by atoms with van der Waals surface area (Å²) in [6.07, 6.45) is 4.02. The van der Waals surface area contributed by atoms with Crippen LogP contribution in [0.1, 0.15) is 85.6 Å². The highest BCUT2D eigenvalue weighted by Gasteiger charge is 2.77. The Labute approximate surface area is 233 Å². The average molecular weight is 542 g/mol. The van der Waals surface area contributed by atoms with E-state index in [2.05, 4.69) is 31.4 Å². The summed E-state index contributed by atoms with van der Waals surface area (Å²) in [6, 6.07) is 8.90. The van der Waals surface area contributed by atoms with Gasteiger partial charge in [0.05, 0.1) is 17.4 Å². The van der Waals surface area contributed by atoms with Crippen LogP contribution >= 0.6 is 0 Å². The van der Waals surface area contributed by atoms with Crippen molar-refractivity contribution in [2.75, 3.05) is 13.2 Å². The first-order valence-corrected chi connectivity index (χ1v) is 14.5. The highest BCUT2D eigenvalue weighted by atomic mass is 16.5. The lowest BCUT2D eigenvalue weighted by atomic mass is 9.66. The molecule has 8 heteroatoms. The molecule has 5 atom stereocenters. The summed E-state index contributed by atoms with van der Waals surface area (Å²) in [6.45, 7) is 13.2.